The molecule has 1 aromatic rings. The zero-order valence-electron chi connectivity index (χ0n) is 10.1. The highest BCUT2D eigenvalue weighted by Gasteiger charge is 2.33. The molecule has 19 heavy (non-hydrogen) atoms. The molecule has 0 saturated carbocycles. The van der Waals surface area contributed by atoms with E-state index in [0.717, 1.165) is 0 Å². The molecular weight excluding hydrogens is 316 g/mol. The summed E-state index contributed by atoms with van der Waals surface area (Å²) in [6, 6.07) is 2.19. The summed E-state index contributed by atoms with van der Waals surface area (Å²) in [5.74, 6) is -1.34. The van der Waals surface area contributed by atoms with Crippen LogP contribution >= 0.6 is 15.9 Å². The Balaban J connectivity index is 2.15. The zero-order valence-corrected chi connectivity index (χ0v) is 11.7. The molecule has 1 fully saturated rings. The Morgan fingerprint density at radius 3 is 2.84 bits per heavy atom. The van der Waals surface area contributed by atoms with E-state index in [-0.39, 0.29) is 18.0 Å². The summed E-state index contributed by atoms with van der Waals surface area (Å²) in [6.07, 6.45) is 2.66. The molecule has 1 saturated heterocycles. The summed E-state index contributed by atoms with van der Waals surface area (Å²) in [5, 5.41) is 9.03. The number of carboxylic acids is 1. The van der Waals surface area contributed by atoms with Crippen LogP contribution in [0.5, 0.6) is 0 Å². The molecule has 7 heteroatoms. The van der Waals surface area contributed by atoms with Gasteiger partial charge in [-0.05, 0) is 34.8 Å². The van der Waals surface area contributed by atoms with Gasteiger partial charge in [-0.2, -0.15) is 0 Å². The quantitative estimate of drug-likeness (QED) is 0.885. The number of halogens is 1. The van der Waals surface area contributed by atoms with Crippen LogP contribution in [0.2, 0.25) is 0 Å². The molecule has 1 aromatic heterocycles. The van der Waals surface area contributed by atoms with Crippen molar-refractivity contribution in [3.63, 3.8) is 0 Å². The van der Waals surface area contributed by atoms with Crippen molar-refractivity contribution in [2.45, 2.75) is 25.4 Å². The van der Waals surface area contributed by atoms with Crippen LogP contribution in [0.1, 0.15) is 12.8 Å². The van der Waals surface area contributed by atoms with Gasteiger partial charge in [-0.3, -0.25) is 9.59 Å². The summed E-state index contributed by atoms with van der Waals surface area (Å²) < 4.78 is 1.96. The molecule has 0 bridgehead atoms. The van der Waals surface area contributed by atoms with Gasteiger partial charge in [0.05, 0.1) is 0 Å². The van der Waals surface area contributed by atoms with Gasteiger partial charge >= 0.3 is 5.97 Å². The number of hydrogen-bond acceptors (Lipinski definition) is 3. The Morgan fingerprint density at radius 2 is 2.16 bits per heavy atom. The smallest absolute Gasteiger partial charge is 0.326 e. The van der Waals surface area contributed by atoms with Crippen molar-refractivity contribution in [1.29, 1.82) is 0 Å². The van der Waals surface area contributed by atoms with E-state index in [4.69, 9.17) is 5.11 Å². The lowest BCUT2D eigenvalue weighted by molar-refractivity contribution is -0.148. The molecule has 1 atom stereocenters. The van der Waals surface area contributed by atoms with E-state index < -0.39 is 12.0 Å². The Labute approximate surface area is 117 Å². The highest BCUT2D eigenvalue weighted by Crippen LogP contribution is 2.18. The molecule has 0 aromatic carbocycles. The van der Waals surface area contributed by atoms with Crippen LogP contribution < -0.4 is 5.56 Å². The van der Waals surface area contributed by atoms with Gasteiger partial charge in [0.1, 0.15) is 12.6 Å². The number of carboxylic acid groups (broad SMARTS) is 1. The third-order valence-electron chi connectivity index (χ3n) is 3.11. The minimum atomic E-state index is -0.993. The lowest BCUT2D eigenvalue weighted by Crippen LogP contribution is -2.43. The van der Waals surface area contributed by atoms with Gasteiger partial charge in [-0.25, -0.2) is 4.79 Å². The van der Waals surface area contributed by atoms with Gasteiger partial charge < -0.3 is 14.6 Å². The molecule has 1 unspecified atom stereocenters. The second kappa shape index (κ2) is 5.56. The number of amides is 1. The van der Waals surface area contributed by atoms with Crippen molar-refractivity contribution in [1.82, 2.24) is 9.47 Å². The van der Waals surface area contributed by atoms with E-state index in [9.17, 15) is 14.4 Å². The second-order valence-electron chi connectivity index (χ2n) is 4.40. The minimum Gasteiger partial charge on any atom is -0.480 e. The number of hydrogen-bond donors (Lipinski definition) is 1. The van der Waals surface area contributed by atoms with E-state index in [0.29, 0.717) is 23.9 Å². The van der Waals surface area contributed by atoms with Gasteiger partial charge in [0, 0.05) is 23.3 Å². The average Bonchev–Trinajstić information content (AvgIpc) is 2.83. The highest BCUT2D eigenvalue weighted by molar-refractivity contribution is 9.10. The molecule has 1 amide bonds. The first-order valence-electron chi connectivity index (χ1n) is 5.87. The topological polar surface area (TPSA) is 79.6 Å². The number of nitrogens with zero attached hydrogens (tertiary/aromatic N) is 2. The van der Waals surface area contributed by atoms with Crippen LogP contribution in [0.4, 0.5) is 0 Å². The standard InChI is InChI=1S/C12H13BrN2O4/c13-8-3-4-10(16)14(6-8)7-11(17)15-5-1-2-9(15)12(18)19/h3-4,6,9H,1-2,5,7H2,(H,18,19). The fourth-order valence-electron chi connectivity index (χ4n) is 2.18. The number of likely N-dealkylation sites (tertiary alicyclic amines) is 1. The Kier molecular flexibility index (Phi) is 4.04. The largest absolute Gasteiger partial charge is 0.480 e. The number of aliphatic carboxylic acids is 1. The summed E-state index contributed by atoms with van der Waals surface area (Å²) in [5.41, 5.74) is -0.289. The van der Waals surface area contributed by atoms with E-state index in [1.54, 1.807) is 6.07 Å². The lowest BCUT2D eigenvalue weighted by atomic mass is 10.2. The lowest BCUT2D eigenvalue weighted by Gasteiger charge is -2.21. The Bertz CT molecular complexity index is 569. The third kappa shape index (κ3) is 3.04. The molecule has 0 radical (unpaired) electrons. The predicted molar refractivity (Wildman–Crippen MR) is 70.8 cm³/mol. The van der Waals surface area contributed by atoms with Crippen LogP contribution in [-0.4, -0.2) is 39.0 Å². The monoisotopic (exact) mass is 328 g/mol. The van der Waals surface area contributed by atoms with Crippen LogP contribution in [0, 0.1) is 0 Å². The van der Waals surface area contributed by atoms with Crippen molar-refractivity contribution < 1.29 is 14.7 Å². The number of carbonyl (C=O) groups excluding carboxylic acids is 1. The predicted octanol–water partition coefficient (Wildman–Crippen LogP) is 0.686. The molecule has 1 N–H and O–H groups in total. The van der Waals surface area contributed by atoms with Gasteiger partial charge in [0.15, 0.2) is 0 Å². The molecule has 1 aliphatic rings. The fraction of sp³-hybridized carbons (Fsp3) is 0.417. The number of rotatable bonds is 3. The first-order chi connectivity index (χ1) is 8.99. The van der Waals surface area contributed by atoms with Gasteiger partial charge in [-0.1, -0.05) is 0 Å². The molecule has 1 aliphatic heterocycles. The maximum Gasteiger partial charge on any atom is 0.326 e. The second-order valence-corrected chi connectivity index (χ2v) is 5.31. The minimum absolute atomic E-state index is 0.137. The van der Waals surface area contributed by atoms with E-state index in [1.165, 1.54) is 21.7 Å². The molecule has 0 aliphatic carbocycles. The van der Waals surface area contributed by atoms with Crippen LogP contribution in [-0.2, 0) is 16.1 Å². The summed E-state index contributed by atoms with van der Waals surface area (Å²) in [4.78, 5) is 36.0. The molecule has 2 heterocycles. The van der Waals surface area contributed by atoms with Crippen LogP contribution in [0.3, 0.4) is 0 Å². The van der Waals surface area contributed by atoms with Crippen molar-refractivity contribution in [2.24, 2.45) is 0 Å². The van der Waals surface area contributed by atoms with E-state index in [1.807, 2.05) is 0 Å². The number of carbonyl (C=O) groups is 2. The SMILES string of the molecule is O=C(O)C1CCCN1C(=O)Cn1cc(Br)ccc1=O. The summed E-state index contributed by atoms with van der Waals surface area (Å²) in [6.45, 7) is 0.292. The van der Waals surface area contributed by atoms with Crippen molar-refractivity contribution in [3.05, 3.63) is 33.2 Å². The first-order valence-corrected chi connectivity index (χ1v) is 6.66. The van der Waals surface area contributed by atoms with Crippen molar-refractivity contribution in [2.75, 3.05) is 6.54 Å². The fourth-order valence-corrected chi connectivity index (χ4v) is 2.56. The third-order valence-corrected chi connectivity index (χ3v) is 3.58. The first kappa shape index (κ1) is 13.8. The maximum absolute atomic E-state index is 12.1. The van der Waals surface area contributed by atoms with Crippen LogP contribution in [0.15, 0.2) is 27.6 Å². The van der Waals surface area contributed by atoms with E-state index >= 15 is 0 Å². The normalized spacial score (nSPS) is 18.6. The van der Waals surface area contributed by atoms with Gasteiger partial charge in [0.2, 0.25) is 5.91 Å². The summed E-state index contributed by atoms with van der Waals surface area (Å²) >= 11 is 3.23. The number of pyridine rings is 1. The molecular formula is C12H13BrN2O4. The van der Waals surface area contributed by atoms with Crippen molar-refractivity contribution in [3.8, 4) is 0 Å². The Morgan fingerprint density at radius 1 is 1.42 bits per heavy atom. The molecule has 2 rings (SSSR count). The Hall–Kier alpha value is -1.63. The number of aromatic nitrogens is 1. The average molecular weight is 329 g/mol. The van der Waals surface area contributed by atoms with Crippen LogP contribution in [0.25, 0.3) is 0 Å². The molecule has 0 spiro atoms. The molecule has 6 nitrogen and oxygen atoms in total. The molecule has 102 valence electrons. The van der Waals surface area contributed by atoms with Gasteiger partial charge in [-0.15, -0.1) is 0 Å². The summed E-state index contributed by atoms with van der Waals surface area (Å²) in [7, 11) is 0. The highest BCUT2D eigenvalue weighted by atomic mass is 79.9. The van der Waals surface area contributed by atoms with Crippen molar-refractivity contribution >= 4 is 27.8 Å². The maximum atomic E-state index is 12.1. The van der Waals surface area contributed by atoms with E-state index in [2.05, 4.69) is 15.9 Å². The zero-order chi connectivity index (χ0) is 14.0. The van der Waals surface area contributed by atoms with Gasteiger partial charge in [0.25, 0.3) is 5.56 Å².